The molecule has 2 rings (SSSR count). The van der Waals surface area contributed by atoms with Crippen LogP contribution in [0.4, 0.5) is 4.39 Å². The smallest absolute Gasteiger partial charge is 0.335 e. The highest BCUT2D eigenvalue weighted by Crippen LogP contribution is 2.19. The van der Waals surface area contributed by atoms with Crippen LogP contribution < -0.4 is 5.32 Å². The summed E-state index contributed by atoms with van der Waals surface area (Å²) < 4.78 is 13.5. The molecule has 0 aliphatic rings. The van der Waals surface area contributed by atoms with Crippen LogP contribution in [0.25, 0.3) is 0 Å². The SMILES string of the molecule is O=C(O)c1cccc(CNC(=O)c2c(O)cccc2F)c1. The molecule has 0 saturated heterocycles. The van der Waals surface area contributed by atoms with Gasteiger partial charge in [0.2, 0.25) is 0 Å². The summed E-state index contributed by atoms with van der Waals surface area (Å²) in [6.45, 7) is 0.0216. The van der Waals surface area contributed by atoms with Gasteiger partial charge in [-0.1, -0.05) is 18.2 Å². The third-order valence-electron chi connectivity index (χ3n) is 2.85. The topological polar surface area (TPSA) is 86.6 Å². The van der Waals surface area contributed by atoms with E-state index in [1.165, 1.54) is 24.3 Å². The third-order valence-corrected chi connectivity index (χ3v) is 2.85. The molecular formula is C15H12FNO4. The summed E-state index contributed by atoms with van der Waals surface area (Å²) in [5.41, 5.74) is 0.210. The number of carbonyl (C=O) groups is 2. The number of rotatable bonds is 4. The number of carboxylic acid groups (broad SMARTS) is 1. The average Bonchev–Trinajstić information content (AvgIpc) is 2.45. The highest BCUT2D eigenvalue weighted by Gasteiger charge is 2.16. The minimum Gasteiger partial charge on any atom is -0.507 e. The zero-order valence-corrected chi connectivity index (χ0v) is 10.8. The first-order chi connectivity index (χ1) is 9.99. The molecule has 0 fully saturated rings. The molecule has 3 N–H and O–H groups in total. The van der Waals surface area contributed by atoms with Gasteiger partial charge in [-0.2, -0.15) is 0 Å². The zero-order valence-electron chi connectivity index (χ0n) is 10.8. The maximum Gasteiger partial charge on any atom is 0.335 e. The number of hydrogen-bond acceptors (Lipinski definition) is 3. The summed E-state index contributed by atoms with van der Waals surface area (Å²) in [7, 11) is 0. The minimum atomic E-state index is -1.07. The van der Waals surface area contributed by atoms with E-state index >= 15 is 0 Å². The van der Waals surface area contributed by atoms with Crippen LogP contribution in [0, 0.1) is 5.82 Å². The molecule has 0 aliphatic carbocycles. The van der Waals surface area contributed by atoms with E-state index < -0.39 is 29.0 Å². The van der Waals surface area contributed by atoms with Gasteiger partial charge in [-0.25, -0.2) is 9.18 Å². The van der Waals surface area contributed by atoms with E-state index in [0.717, 1.165) is 6.07 Å². The van der Waals surface area contributed by atoms with Crippen LogP contribution in [0.2, 0.25) is 0 Å². The van der Waals surface area contributed by atoms with Crippen molar-refractivity contribution in [2.45, 2.75) is 6.54 Å². The molecule has 0 spiro atoms. The van der Waals surface area contributed by atoms with Crippen LogP contribution in [-0.4, -0.2) is 22.1 Å². The van der Waals surface area contributed by atoms with Crippen LogP contribution in [0.15, 0.2) is 42.5 Å². The lowest BCUT2D eigenvalue weighted by molar-refractivity contribution is 0.0696. The normalized spacial score (nSPS) is 10.1. The Bertz CT molecular complexity index is 680. The van der Waals surface area contributed by atoms with Gasteiger partial charge >= 0.3 is 5.97 Å². The summed E-state index contributed by atoms with van der Waals surface area (Å²) in [6, 6.07) is 9.58. The Kier molecular flexibility index (Phi) is 4.18. The van der Waals surface area contributed by atoms with E-state index in [9.17, 15) is 19.1 Å². The van der Waals surface area contributed by atoms with Crippen molar-refractivity contribution in [2.75, 3.05) is 0 Å². The van der Waals surface area contributed by atoms with Gasteiger partial charge in [0.1, 0.15) is 17.1 Å². The molecule has 108 valence electrons. The lowest BCUT2D eigenvalue weighted by Crippen LogP contribution is -2.24. The molecule has 0 saturated carbocycles. The predicted molar refractivity (Wildman–Crippen MR) is 72.6 cm³/mol. The second-order valence-corrected chi connectivity index (χ2v) is 4.32. The number of carboxylic acids is 1. The maximum atomic E-state index is 13.5. The van der Waals surface area contributed by atoms with Gasteiger partial charge < -0.3 is 15.5 Å². The van der Waals surface area contributed by atoms with E-state index in [2.05, 4.69) is 5.32 Å². The third kappa shape index (κ3) is 3.36. The Morgan fingerprint density at radius 1 is 1.14 bits per heavy atom. The van der Waals surface area contributed by atoms with Crippen molar-refractivity contribution >= 4 is 11.9 Å². The molecule has 0 unspecified atom stereocenters. The number of hydrogen-bond donors (Lipinski definition) is 3. The Labute approximate surface area is 119 Å². The van der Waals surface area contributed by atoms with Crippen molar-refractivity contribution in [3.8, 4) is 5.75 Å². The van der Waals surface area contributed by atoms with E-state index in [1.54, 1.807) is 12.1 Å². The Balaban J connectivity index is 2.11. The molecule has 0 atom stereocenters. The van der Waals surface area contributed by atoms with Crippen LogP contribution in [0.3, 0.4) is 0 Å². The standard InChI is InChI=1S/C15H12FNO4/c16-11-5-2-6-12(18)13(11)14(19)17-8-9-3-1-4-10(7-9)15(20)21/h1-7,18H,8H2,(H,17,19)(H,20,21). The number of benzene rings is 2. The largest absolute Gasteiger partial charge is 0.507 e. The van der Waals surface area contributed by atoms with Gasteiger partial charge in [0.15, 0.2) is 0 Å². The Morgan fingerprint density at radius 2 is 1.86 bits per heavy atom. The molecule has 2 aromatic rings. The van der Waals surface area contributed by atoms with Crippen LogP contribution in [0.5, 0.6) is 5.75 Å². The number of amides is 1. The number of aromatic hydroxyl groups is 1. The van der Waals surface area contributed by atoms with Crippen molar-refractivity contribution < 1.29 is 24.2 Å². The lowest BCUT2D eigenvalue weighted by Gasteiger charge is -2.08. The molecule has 0 aliphatic heterocycles. The van der Waals surface area contributed by atoms with Gasteiger partial charge in [-0.05, 0) is 29.8 Å². The van der Waals surface area contributed by atoms with Gasteiger partial charge in [0.25, 0.3) is 5.91 Å². The van der Waals surface area contributed by atoms with E-state index in [0.29, 0.717) is 5.56 Å². The first-order valence-electron chi connectivity index (χ1n) is 6.07. The molecule has 6 heteroatoms. The van der Waals surface area contributed by atoms with Gasteiger partial charge in [0, 0.05) is 6.54 Å². The van der Waals surface area contributed by atoms with Crippen LogP contribution in [0.1, 0.15) is 26.3 Å². The summed E-state index contributed by atoms with van der Waals surface area (Å²) in [4.78, 5) is 22.7. The molecule has 21 heavy (non-hydrogen) atoms. The van der Waals surface area contributed by atoms with Gasteiger partial charge in [-0.15, -0.1) is 0 Å². The second-order valence-electron chi connectivity index (χ2n) is 4.32. The number of halogens is 1. The van der Waals surface area contributed by atoms with E-state index in [4.69, 9.17) is 5.11 Å². The first kappa shape index (κ1) is 14.5. The van der Waals surface area contributed by atoms with Crippen molar-refractivity contribution in [2.24, 2.45) is 0 Å². The number of phenols is 1. The molecule has 0 aromatic heterocycles. The summed E-state index contributed by atoms with van der Waals surface area (Å²) in [6.07, 6.45) is 0. The van der Waals surface area contributed by atoms with Gasteiger partial charge in [0.05, 0.1) is 5.56 Å². The molecule has 5 nitrogen and oxygen atoms in total. The summed E-state index contributed by atoms with van der Waals surface area (Å²) in [5, 5.41) is 20.8. The molecule has 0 radical (unpaired) electrons. The fourth-order valence-electron chi connectivity index (χ4n) is 1.82. The van der Waals surface area contributed by atoms with Crippen LogP contribution in [-0.2, 0) is 6.54 Å². The van der Waals surface area contributed by atoms with Crippen LogP contribution >= 0.6 is 0 Å². The Hall–Kier alpha value is -2.89. The van der Waals surface area contributed by atoms with E-state index in [-0.39, 0.29) is 12.1 Å². The highest BCUT2D eigenvalue weighted by molar-refractivity contribution is 5.97. The van der Waals surface area contributed by atoms with Gasteiger partial charge in [-0.3, -0.25) is 4.79 Å². The van der Waals surface area contributed by atoms with E-state index in [1.807, 2.05) is 0 Å². The van der Waals surface area contributed by atoms with Crippen molar-refractivity contribution in [3.05, 3.63) is 65.0 Å². The number of phenolic OH excluding ortho intramolecular Hbond substituents is 1. The molecule has 2 aromatic carbocycles. The predicted octanol–water partition coefficient (Wildman–Crippen LogP) is 2.16. The summed E-state index contributed by atoms with van der Waals surface area (Å²) in [5.74, 6) is -3.13. The maximum absolute atomic E-state index is 13.5. The second kappa shape index (κ2) is 6.04. The zero-order chi connectivity index (χ0) is 15.4. The molecular weight excluding hydrogens is 277 g/mol. The molecule has 1 amide bonds. The fourth-order valence-corrected chi connectivity index (χ4v) is 1.82. The molecule has 0 bridgehead atoms. The summed E-state index contributed by atoms with van der Waals surface area (Å²) >= 11 is 0. The van der Waals surface area contributed by atoms with Crippen molar-refractivity contribution in [3.63, 3.8) is 0 Å². The molecule has 0 heterocycles. The lowest BCUT2D eigenvalue weighted by atomic mass is 10.1. The van der Waals surface area contributed by atoms with Crippen molar-refractivity contribution in [1.82, 2.24) is 5.32 Å². The average molecular weight is 289 g/mol. The highest BCUT2D eigenvalue weighted by atomic mass is 19.1. The monoisotopic (exact) mass is 289 g/mol. The minimum absolute atomic E-state index is 0.0216. The quantitative estimate of drug-likeness (QED) is 0.805. The number of nitrogens with one attached hydrogen (secondary N) is 1. The fraction of sp³-hybridized carbons (Fsp3) is 0.0667. The van der Waals surface area contributed by atoms with Crippen molar-refractivity contribution in [1.29, 1.82) is 0 Å². The first-order valence-corrected chi connectivity index (χ1v) is 6.07. The Morgan fingerprint density at radius 3 is 2.52 bits per heavy atom. The number of carbonyl (C=O) groups excluding carboxylic acids is 1. The number of aromatic carboxylic acids is 1.